The average molecular weight is 432 g/mol. The van der Waals surface area contributed by atoms with Crippen molar-refractivity contribution >= 4 is 11.6 Å². The Morgan fingerprint density at radius 3 is 2.40 bits per heavy atom. The van der Waals surface area contributed by atoms with Gasteiger partial charge in [-0.05, 0) is 18.2 Å². The molecule has 0 aliphatic heterocycles. The van der Waals surface area contributed by atoms with Gasteiger partial charge in [-0.2, -0.15) is 18.3 Å². The molecule has 0 radical (unpaired) electrons. The molecule has 1 amide bonds. The van der Waals surface area contributed by atoms with Crippen LogP contribution in [0.3, 0.4) is 0 Å². The molecule has 0 aliphatic carbocycles. The zero-order valence-electron chi connectivity index (χ0n) is 14.8. The van der Waals surface area contributed by atoms with Gasteiger partial charge in [0.1, 0.15) is 0 Å². The van der Waals surface area contributed by atoms with Crippen LogP contribution in [0, 0.1) is 17.5 Å². The maximum Gasteiger partial charge on any atom is 0.434 e. The van der Waals surface area contributed by atoms with Crippen LogP contribution in [0.15, 0.2) is 30.5 Å². The maximum absolute atomic E-state index is 13.6. The van der Waals surface area contributed by atoms with Gasteiger partial charge in [0.25, 0.3) is 5.91 Å². The van der Waals surface area contributed by atoms with Crippen molar-refractivity contribution < 1.29 is 35.9 Å². The first kappa shape index (κ1) is 20.9. The van der Waals surface area contributed by atoms with Gasteiger partial charge >= 0.3 is 6.18 Å². The average Bonchev–Trinajstić information content (AvgIpc) is 3.17. The molecule has 158 valence electrons. The molecule has 2 heterocycles. The zero-order chi connectivity index (χ0) is 22.1. The van der Waals surface area contributed by atoms with E-state index in [4.69, 9.17) is 4.74 Å². The molecule has 0 saturated carbocycles. The van der Waals surface area contributed by atoms with E-state index in [1.165, 1.54) is 13.2 Å². The molecule has 0 saturated heterocycles. The van der Waals surface area contributed by atoms with E-state index >= 15 is 0 Å². The topological polar surface area (TPSA) is 94.0 Å². The van der Waals surface area contributed by atoms with Crippen LogP contribution in [0.25, 0.3) is 5.82 Å². The van der Waals surface area contributed by atoms with Crippen LogP contribution in [0.2, 0.25) is 0 Å². The normalized spacial score (nSPS) is 11.3. The van der Waals surface area contributed by atoms with Crippen LogP contribution in [0.1, 0.15) is 16.1 Å². The second-order valence-corrected chi connectivity index (χ2v) is 5.55. The fourth-order valence-corrected chi connectivity index (χ4v) is 2.31. The lowest BCUT2D eigenvalue weighted by atomic mass is 10.2. The molecule has 3 rings (SSSR count). The molecule has 2 aromatic heterocycles. The molecule has 0 aliphatic rings. The summed E-state index contributed by atoms with van der Waals surface area (Å²) in [5.41, 5.74) is 0.516. The van der Waals surface area contributed by atoms with E-state index < -0.39 is 46.5 Å². The molecule has 0 spiro atoms. The number of amides is 1. The lowest BCUT2D eigenvalue weighted by Gasteiger charge is -2.13. The molecule has 0 unspecified atom stereocenters. The molecule has 0 atom stereocenters. The Balaban J connectivity index is 1.91. The van der Waals surface area contributed by atoms with Crippen LogP contribution in [0.4, 0.5) is 32.0 Å². The van der Waals surface area contributed by atoms with Crippen LogP contribution < -0.4 is 15.6 Å². The summed E-state index contributed by atoms with van der Waals surface area (Å²) < 4.78 is 85.6. The number of benzene rings is 1. The number of rotatable bonds is 5. The fraction of sp³-hybridized carbons (Fsp3) is 0.125. The van der Waals surface area contributed by atoms with Crippen molar-refractivity contribution in [2.24, 2.45) is 0 Å². The summed E-state index contributed by atoms with van der Waals surface area (Å²) in [5, 5.41) is 10.6. The highest BCUT2D eigenvalue weighted by molar-refractivity contribution is 5.96. The lowest BCUT2D eigenvalue weighted by Crippen LogP contribution is -2.32. The fourth-order valence-electron chi connectivity index (χ4n) is 2.31. The Labute approximate surface area is 163 Å². The molecule has 0 fully saturated rings. The van der Waals surface area contributed by atoms with Crippen molar-refractivity contribution in [2.45, 2.75) is 6.18 Å². The summed E-state index contributed by atoms with van der Waals surface area (Å²) in [4.78, 5) is 12.2. The van der Waals surface area contributed by atoms with Crippen LogP contribution in [-0.4, -0.2) is 33.0 Å². The Hall–Kier alpha value is -3.84. The van der Waals surface area contributed by atoms with Gasteiger partial charge in [0.2, 0.25) is 5.88 Å². The molecule has 2 N–H and O–H groups in total. The van der Waals surface area contributed by atoms with Crippen LogP contribution in [0.5, 0.6) is 5.88 Å². The monoisotopic (exact) mass is 432 g/mol. The van der Waals surface area contributed by atoms with E-state index in [1.807, 2.05) is 5.43 Å². The standard InChI is InChI=1S/C16H10F6N6O2/c1-30-11-5-4-10(25-26-11)28-14(16(20,21)22)7(6-23-28)15(29)27-24-9-3-2-8(17)12(18)13(9)19/h2-6,24H,1H3,(H,27,29). The highest BCUT2D eigenvalue weighted by Crippen LogP contribution is 2.33. The molecule has 3 aromatic rings. The number of nitrogens with zero attached hydrogens (tertiary/aromatic N) is 4. The van der Waals surface area contributed by atoms with E-state index in [1.54, 1.807) is 5.43 Å². The second-order valence-electron chi connectivity index (χ2n) is 5.55. The minimum Gasteiger partial charge on any atom is -0.480 e. The quantitative estimate of drug-likeness (QED) is 0.366. The lowest BCUT2D eigenvalue weighted by molar-refractivity contribution is -0.143. The van der Waals surface area contributed by atoms with E-state index in [2.05, 4.69) is 15.3 Å². The number of nitrogens with one attached hydrogen (secondary N) is 2. The summed E-state index contributed by atoms with van der Waals surface area (Å²) in [6.07, 6.45) is -4.44. The molecule has 0 bridgehead atoms. The number of ether oxygens (including phenoxy) is 1. The summed E-state index contributed by atoms with van der Waals surface area (Å²) >= 11 is 0. The van der Waals surface area contributed by atoms with Crippen LogP contribution in [-0.2, 0) is 6.18 Å². The Morgan fingerprint density at radius 1 is 1.07 bits per heavy atom. The first-order valence-corrected chi connectivity index (χ1v) is 7.86. The van der Waals surface area contributed by atoms with Gasteiger partial charge in [-0.3, -0.25) is 15.6 Å². The van der Waals surface area contributed by atoms with Crippen molar-refractivity contribution in [2.75, 3.05) is 12.5 Å². The van der Waals surface area contributed by atoms with Crippen molar-refractivity contribution in [1.29, 1.82) is 0 Å². The van der Waals surface area contributed by atoms with Crippen molar-refractivity contribution in [3.05, 3.63) is 59.2 Å². The molecule has 8 nitrogen and oxygen atoms in total. The molecular formula is C16H10F6N6O2. The Morgan fingerprint density at radius 2 is 1.80 bits per heavy atom. The predicted molar refractivity (Wildman–Crippen MR) is 88.1 cm³/mol. The molecule has 1 aromatic carbocycles. The number of alkyl halides is 3. The first-order valence-electron chi connectivity index (χ1n) is 7.86. The number of carbonyl (C=O) groups is 1. The van der Waals surface area contributed by atoms with Gasteiger partial charge in [0.05, 0.1) is 24.6 Å². The highest BCUT2D eigenvalue weighted by Gasteiger charge is 2.41. The number of hydrogen-bond donors (Lipinski definition) is 2. The van der Waals surface area contributed by atoms with Gasteiger partial charge in [-0.1, -0.05) is 0 Å². The molecular weight excluding hydrogens is 422 g/mol. The van der Waals surface area contributed by atoms with Crippen molar-refractivity contribution in [3.8, 4) is 11.7 Å². The van der Waals surface area contributed by atoms with Gasteiger partial charge in [0.15, 0.2) is 29.0 Å². The highest BCUT2D eigenvalue weighted by atomic mass is 19.4. The summed E-state index contributed by atoms with van der Waals surface area (Å²) in [5.74, 6) is -6.67. The number of halogens is 6. The van der Waals surface area contributed by atoms with Crippen LogP contribution >= 0.6 is 0 Å². The third-order valence-electron chi connectivity index (χ3n) is 3.68. The zero-order valence-corrected chi connectivity index (χ0v) is 14.8. The van der Waals surface area contributed by atoms with E-state index in [9.17, 15) is 31.1 Å². The smallest absolute Gasteiger partial charge is 0.434 e. The Kier molecular flexibility index (Phi) is 5.49. The number of hydrazine groups is 1. The predicted octanol–water partition coefficient (Wildman–Crippen LogP) is 2.86. The minimum atomic E-state index is -5.04. The van der Waals surface area contributed by atoms with E-state index in [0.29, 0.717) is 16.9 Å². The summed E-state index contributed by atoms with van der Waals surface area (Å²) in [6, 6.07) is 3.67. The largest absolute Gasteiger partial charge is 0.480 e. The number of aromatic nitrogens is 4. The Bertz CT molecular complexity index is 1080. The third kappa shape index (κ3) is 3.97. The third-order valence-corrected chi connectivity index (χ3v) is 3.68. The maximum atomic E-state index is 13.6. The first-order chi connectivity index (χ1) is 14.1. The number of methoxy groups -OCH3 is 1. The summed E-state index contributed by atoms with van der Waals surface area (Å²) in [6.45, 7) is 0. The number of hydrogen-bond acceptors (Lipinski definition) is 6. The van der Waals surface area contributed by atoms with Crippen molar-refractivity contribution in [3.63, 3.8) is 0 Å². The SMILES string of the molecule is COc1ccc(-n2ncc(C(=O)NNc3ccc(F)c(F)c3F)c2C(F)(F)F)nn1. The summed E-state index contributed by atoms with van der Waals surface area (Å²) in [7, 11) is 1.28. The van der Waals surface area contributed by atoms with E-state index in [0.717, 1.165) is 12.1 Å². The van der Waals surface area contributed by atoms with Gasteiger partial charge in [-0.15, -0.1) is 10.2 Å². The number of anilines is 1. The van der Waals surface area contributed by atoms with Gasteiger partial charge in [0, 0.05) is 6.07 Å². The second kappa shape index (κ2) is 7.88. The van der Waals surface area contributed by atoms with Crippen molar-refractivity contribution in [1.82, 2.24) is 25.4 Å². The minimum absolute atomic E-state index is 0.0372. The van der Waals surface area contributed by atoms with Gasteiger partial charge in [-0.25, -0.2) is 17.9 Å². The molecule has 14 heteroatoms. The number of carbonyl (C=O) groups excluding carboxylic acids is 1. The van der Waals surface area contributed by atoms with Gasteiger partial charge < -0.3 is 4.74 Å². The van der Waals surface area contributed by atoms with E-state index in [-0.39, 0.29) is 11.7 Å². The molecule has 30 heavy (non-hydrogen) atoms.